The summed E-state index contributed by atoms with van der Waals surface area (Å²) in [6.07, 6.45) is -2.57. The van der Waals surface area contributed by atoms with Crippen molar-refractivity contribution in [1.29, 1.82) is 0 Å². The van der Waals surface area contributed by atoms with Crippen LogP contribution in [0.25, 0.3) is 21.8 Å². The van der Waals surface area contributed by atoms with Gasteiger partial charge in [-0.25, -0.2) is 0 Å². The maximum Gasteiger partial charge on any atom is 0.417 e. The molecule has 0 fully saturated rings. The van der Waals surface area contributed by atoms with E-state index >= 15 is 0 Å². The first kappa shape index (κ1) is 20.4. The van der Waals surface area contributed by atoms with E-state index in [0.29, 0.717) is 16.5 Å². The first-order valence-corrected chi connectivity index (χ1v) is 9.79. The molecule has 2 aromatic carbocycles. The number of nitrogens with one attached hydrogen (secondary N) is 1. The predicted octanol–water partition coefficient (Wildman–Crippen LogP) is 5.92. The molecule has 0 aliphatic rings. The first-order valence-electron chi connectivity index (χ1n) is 9.79. The van der Waals surface area contributed by atoms with Gasteiger partial charge in [0, 0.05) is 35.1 Å². The van der Waals surface area contributed by atoms with Crippen molar-refractivity contribution >= 4 is 21.8 Å². The van der Waals surface area contributed by atoms with Crippen molar-refractivity contribution in [3.8, 4) is 0 Å². The van der Waals surface area contributed by atoms with E-state index in [9.17, 15) is 18.3 Å². The van der Waals surface area contributed by atoms with Crippen molar-refractivity contribution < 1.29 is 18.3 Å². The molecule has 4 rings (SSSR count). The first-order chi connectivity index (χ1) is 14.1. The quantitative estimate of drug-likeness (QED) is 0.427. The molecular formula is C24H23F3N2O. The van der Waals surface area contributed by atoms with Crippen LogP contribution in [0.2, 0.25) is 0 Å². The third-order valence-corrected chi connectivity index (χ3v) is 5.80. The number of aliphatic hydroxyl groups is 1. The van der Waals surface area contributed by atoms with Gasteiger partial charge in [-0.05, 0) is 41.2 Å². The third kappa shape index (κ3) is 3.56. The lowest BCUT2D eigenvalue weighted by Gasteiger charge is -2.38. The summed E-state index contributed by atoms with van der Waals surface area (Å²) >= 11 is 0. The summed E-state index contributed by atoms with van der Waals surface area (Å²) in [6, 6.07) is 16.1. The number of pyridine rings is 1. The fourth-order valence-corrected chi connectivity index (χ4v) is 4.35. The van der Waals surface area contributed by atoms with Crippen LogP contribution in [0.4, 0.5) is 13.2 Å². The Morgan fingerprint density at radius 3 is 2.33 bits per heavy atom. The Kier molecular flexibility index (Phi) is 4.85. The number of benzene rings is 2. The number of alkyl halides is 3. The normalized spacial score (nSPS) is 14.9. The lowest BCUT2D eigenvalue weighted by molar-refractivity contribution is -0.266. The molecule has 0 radical (unpaired) electrons. The van der Waals surface area contributed by atoms with E-state index in [1.54, 1.807) is 50.4 Å². The van der Waals surface area contributed by atoms with Crippen LogP contribution in [0, 0.1) is 0 Å². The number of hydrogen-bond donors (Lipinski definition) is 2. The molecule has 2 aromatic heterocycles. The third-order valence-electron chi connectivity index (χ3n) is 5.80. The number of H-pyrrole nitrogens is 1. The highest BCUT2D eigenvalue weighted by molar-refractivity contribution is 5.84. The molecule has 4 aromatic rings. The van der Waals surface area contributed by atoms with Crippen molar-refractivity contribution in [2.75, 3.05) is 0 Å². The minimum atomic E-state index is -4.79. The highest BCUT2D eigenvalue weighted by Gasteiger charge is 2.56. The number of rotatable bonds is 5. The smallest absolute Gasteiger partial charge is 0.380 e. The Hall–Kier alpha value is -2.86. The fourth-order valence-electron chi connectivity index (χ4n) is 4.35. The van der Waals surface area contributed by atoms with E-state index in [1.165, 1.54) is 6.20 Å². The number of para-hydroxylation sites is 2. The maximum absolute atomic E-state index is 14.2. The molecule has 0 saturated heterocycles. The van der Waals surface area contributed by atoms with Crippen molar-refractivity contribution in [1.82, 2.24) is 9.97 Å². The Bertz CT molecular complexity index is 1190. The molecule has 0 aliphatic carbocycles. The van der Waals surface area contributed by atoms with Crippen molar-refractivity contribution in [2.45, 2.75) is 43.9 Å². The van der Waals surface area contributed by atoms with Gasteiger partial charge in [-0.15, -0.1) is 0 Å². The Labute approximate surface area is 172 Å². The summed E-state index contributed by atoms with van der Waals surface area (Å²) in [5.74, 6) is 0. The zero-order valence-electron chi connectivity index (χ0n) is 16.8. The second kappa shape index (κ2) is 7.13. The van der Waals surface area contributed by atoms with Gasteiger partial charge in [-0.2, -0.15) is 13.2 Å². The highest BCUT2D eigenvalue weighted by atomic mass is 19.4. The largest absolute Gasteiger partial charge is 0.417 e. The second-order valence-corrected chi connectivity index (χ2v) is 8.50. The van der Waals surface area contributed by atoms with E-state index in [4.69, 9.17) is 0 Å². The molecule has 156 valence electrons. The Balaban J connectivity index is 1.75. The molecule has 1 unspecified atom stereocenters. The molecule has 0 amide bonds. The van der Waals surface area contributed by atoms with Crippen molar-refractivity contribution in [3.05, 3.63) is 78.1 Å². The molecule has 0 aliphatic heterocycles. The second-order valence-electron chi connectivity index (χ2n) is 8.50. The Morgan fingerprint density at radius 1 is 0.933 bits per heavy atom. The summed E-state index contributed by atoms with van der Waals surface area (Å²) in [5.41, 5.74) is -1.17. The van der Waals surface area contributed by atoms with Crippen LogP contribution in [0.1, 0.15) is 31.4 Å². The van der Waals surface area contributed by atoms with Crippen molar-refractivity contribution in [3.63, 3.8) is 0 Å². The molecule has 1 atom stereocenters. The van der Waals surface area contributed by atoms with Gasteiger partial charge in [0.1, 0.15) is 0 Å². The molecular weight excluding hydrogens is 389 g/mol. The van der Waals surface area contributed by atoms with Crippen LogP contribution >= 0.6 is 0 Å². The van der Waals surface area contributed by atoms with E-state index in [1.807, 2.05) is 24.3 Å². The zero-order chi connectivity index (χ0) is 21.6. The van der Waals surface area contributed by atoms with Crippen LogP contribution in [0.3, 0.4) is 0 Å². The number of nitrogens with zero attached hydrogens (tertiary/aromatic N) is 1. The van der Waals surface area contributed by atoms with Gasteiger partial charge in [-0.3, -0.25) is 4.98 Å². The minimum Gasteiger partial charge on any atom is -0.380 e. The minimum absolute atomic E-state index is 0.426. The van der Waals surface area contributed by atoms with Crippen LogP contribution in [0.5, 0.6) is 0 Å². The van der Waals surface area contributed by atoms with Crippen LogP contribution in [-0.4, -0.2) is 26.9 Å². The fraction of sp³-hybridized carbons (Fsp3) is 0.292. The lowest BCUT2D eigenvalue weighted by atomic mass is 9.73. The van der Waals surface area contributed by atoms with Gasteiger partial charge >= 0.3 is 6.18 Å². The van der Waals surface area contributed by atoms with Crippen LogP contribution in [-0.2, 0) is 11.8 Å². The molecule has 2 N–H and O–H groups in total. The van der Waals surface area contributed by atoms with Gasteiger partial charge in [0.15, 0.2) is 5.60 Å². The molecule has 30 heavy (non-hydrogen) atoms. The summed E-state index contributed by atoms with van der Waals surface area (Å²) in [5, 5.41) is 12.5. The van der Waals surface area contributed by atoms with Gasteiger partial charge in [0.25, 0.3) is 0 Å². The molecule has 0 spiro atoms. The monoisotopic (exact) mass is 412 g/mol. The molecule has 0 bridgehead atoms. The van der Waals surface area contributed by atoms with Gasteiger partial charge in [-0.1, -0.05) is 50.2 Å². The SMILES string of the molecule is CC(C)(CC(O)(Cc1ccnc2ccccc12)C(F)(F)F)c1c[nH]c2ccccc12. The number of fused-ring (bicyclic) bond motifs is 2. The van der Waals surface area contributed by atoms with E-state index in [2.05, 4.69) is 9.97 Å². The highest BCUT2D eigenvalue weighted by Crippen LogP contribution is 2.44. The van der Waals surface area contributed by atoms with Gasteiger partial charge in [0.05, 0.1) is 5.52 Å². The average Bonchev–Trinajstić information content (AvgIpc) is 3.12. The predicted molar refractivity (Wildman–Crippen MR) is 112 cm³/mol. The van der Waals surface area contributed by atoms with Gasteiger partial charge < -0.3 is 10.1 Å². The van der Waals surface area contributed by atoms with E-state index in [-0.39, 0.29) is 0 Å². The molecule has 6 heteroatoms. The summed E-state index contributed by atoms with van der Waals surface area (Å²) in [6.45, 7) is 3.48. The molecule has 3 nitrogen and oxygen atoms in total. The lowest BCUT2D eigenvalue weighted by Crippen LogP contribution is -2.50. The molecule has 2 heterocycles. The van der Waals surface area contributed by atoms with Crippen LogP contribution in [0.15, 0.2) is 67.0 Å². The average molecular weight is 412 g/mol. The number of halogens is 3. The summed E-state index contributed by atoms with van der Waals surface area (Å²) < 4.78 is 42.6. The van der Waals surface area contributed by atoms with Gasteiger partial charge in [0.2, 0.25) is 0 Å². The number of aromatic amines is 1. The van der Waals surface area contributed by atoms with Crippen molar-refractivity contribution in [2.24, 2.45) is 0 Å². The maximum atomic E-state index is 14.2. The topological polar surface area (TPSA) is 48.9 Å². The summed E-state index contributed by atoms with van der Waals surface area (Å²) in [4.78, 5) is 7.34. The Morgan fingerprint density at radius 2 is 1.60 bits per heavy atom. The zero-order valence-corrected chi connectivity index (χ0v) is 16.8. The van der Waals surface area contributed by atoms with E-state index in [0.717, 1.165) is 16.5 Å². The van der Waals surface area contributed by atoms with E-state index < -0.39 is 30.0 Å². The number of hydrogen-bond acceptors (Lipinski definition) is 2. The summed E-state index contributed by atoms with van der Waals surface area (Å²) in [7, 11) is 0. The number of aromatic nitrogens is 2. The molecule has 0 saturated carbocycles. The van der Waals surface area contributed by atoms with Crippen LogP contribution < -0.4 is 0 Å². The standard InChI is InChI=1S/C24H23F3N2O/c1-22(2,19-14-29-21-10-6-4-8-18(19)21)15-23(30,24(25,26)27)13-16-11-12-28-20-9-5-3-7-17(16)20/h3-12,14,29-30H,13,15H2,1-2H3.